The van der Waals surface area contributed by atoms with E-state index in [1.165, 1.54) is 4.88 Å². The van der Waals surface area contributed by atoms with Crippen LogP contribution in [-0.4, -0.2) is 23.6 Å². The first kappa shape index (κ1) is 11.1. The minimum Gasteiger partial charge on any atom is -0.480 e. The number of ether oxygens (including phenoxy) is 1. The lowest BCUT2D eigenvalue weighted by molar-refractivity contribution is 0.403. The third kappa shape index (κ3) is 2.09. The van der Waals surface area contributed by atoms with E-state index in [4.69, 9.17) is 4.74 Å². The molecule has 4 nitrogen and oxygen atoms in total. The van der Waals surface area contributed by atoms with Crippen LogP contribution in [0.4, 0.5) is 5.95 Å². The third-order valence-corrected chi connectivity index (χ3v) is 3.15. The van der Waals surface area contributed by atoms with Crippen LogP contribution in [0.1, 0.15) is 18.2 Å². The number of rotatable bonds is 4. The average molecular weight is 237 g/mol. The van der Waals surface area contributed by atoms with E-state index in [1.807, 2.05) is 0 Å². The molecule has 5 heteroatoms. The summed E-state index contributed by atoms with van der Waals surface area (Å²) < 4.78 is 5.28. The van der Waals surface area contributed by atoms with Crippen molar-refractivity contribution in [2.24, 2.45) is 0 Å². The van der Waals surface area contributed by atoms with Crippen molar-refractivity contribution < 1.29 is 4.74 Å². The number of thiophene rings is 1. The molecule has 2 rings (SSSR count). The maximum atomic E-state index is 5.28. The molecule has 0 saturated carbocycles. The SMILES string of the molecule is CCCNc1nc(OC)c2cc(C)sc2n1. The van der Waals surface area contributed by atoms with Crippen molar-refractivity contribution in [3.63, 3.8) is 0 Å². The number of nitrogens with one attached hydrogen (secondary N) is 1. The van der Waals surface area contributed by atoms with Crippen molar-refractivity contribution in [1.82, 2.24) is 9.97 Å². The van der Waals surface area contributed by atoms with Crippen molar-refractivity contribution in [2.45, 2.75) is 20.3 Å². The molecule has 0 atom stereocenters. The summed E-state index contributed by atoms with van der Waals surface area (Å²) in [5, 5.41) is 4.17. The smallest absolute Gasteiger partial charge is 0.227 e. The Hall–Kier alpha value is -1.36. The van der Waals surface area contributed by atoms with Crippen LogP contribution < -0.4 is 10.1 Å². The molecule has 2 heterocycles. The first-order chi connectivity index (χ1) is 7.74. The Balaban J connectivity index is 2.45. The van der Waals surface area contributed by atoms with Gasteiger partial charge in [-0.25, -0.2) is 4.98 Å². The van der Waals surface area contributed by atoms with E-state index < -0.39 is 0 Å². The Kier molecular flexibility index (Phi) is 3.24. The molecule has 86 valence electrons. The van der Waals surface area contributed by atoms with Crippen LogP contribution in [0.2, 0.25) is 0 Å². The molecule has 0 radical (unpaired) electrons. The van der Waals surface area contributed by atoms with Crippen LogP contribution >= 0.6 is 11.3 Å². The minimum atomic E-state index is 0.646. The van der Waals surface area contributed by atoms with Gasteiger partial charge in [-0.05, 0) is 19.4 Å². The Morgan fingerprint density at radius 1 is 1.44 bits per heavy atom. The molecule has 2 aromatic heterocycles. The van der Waals surface area contributed by atoms with E-state index in [0.717, 1.165) is 23.2 Å². The lowest BCUT2D eigenvalue weighted by atomic mass is 10.3. The lowest BCUT2D eigenvalue weighted by Gasteiger charge is -2.05. The molecule has 0 bridgehead atoms. The van der Waals surface area contributed by atoms with Gasteiger partial charge in [0.1, 0.15) is 4.83 Å². The van der Waals surface area contributed by atoms with Crippen molar-refractivity contribution in [1.29, 1.82) is 0 Å². The maximum Gasteiger partial charge on any atom is 0.227 e. The van der Waals surface area contributed by atoms with Gasteiger partial charge >= 0.3 is 0 Å². The van der Waals surface area contributed by atoms with Gasteiger partial charge in [0, 0.05) is 11.4 Å². The molecular weight excluding hydrogens is 222 g/mol. The number of hydrogen-bond donors (Lipinski definition) is 1. The van der Waals surface area contributed by atoms with Crippen molar-refractivity contribution in [2.75, 3.05) is 19.0 Å². The molecule has 0 spiro atoms. The van der Waals surface area contributed by atoms with Gasteiger partial charge in [-0.1, -0.05) is 6.92 Å². The lowest BCUT2D eigenvalue weighted by Crippen LogP contribution is -2.04. The van der Waals surface area contributed by atoms with Crippen LogP contribution in [-0.2, 0) is 0 Å². The Labute approximate surface area is 98.7 Å². The molecular formula is C11H15N3OS. The van der Waals surface area contributed by atoms with Crippen molar-refractivity contribution in [3.05, 3.63) is 10.9 Å². The highest BCUT2D eigenvalue weighted by Gasteiger charge is 2.10. The molecule has 2 aromatic rings. The average Bonchev–Trinajstić information content (AvgIpc) is 2.65. The number of nitrogens with zero attached hydrogens (tertiary/aromatic N) is 2. The molecule has 0 fully saturated rings. The molecule has 0 amide bonds. The quantitative estimate of drug-likeness (QED) is 0.888. The normalized spacial score (nSPS) is 10.7. The van der Waals surface area contributed by atoms with Gasteiger partial charge in [-0.15, -0.1) is 11.3 Å². The zero-order chi connectivity index (χ0) is 11.5. The monoisotopic (exact) mass is 237 g/mol. The molecule has 0 aliphatic carbocycles. The van der Waals surface area contributed by atoms with E-state index in [9.17, 15) is 0 Å². The fourth-order valence-electron chi connectivity index (χ4n) is 1.49. The van der Waals surface area contributed by atoms with E-state index in [2.05, 4.69) is 35.2 Å². The summed E-state index contributed by atoms with van der Waals surface area (Å²) in [6, 6.07) is 2.06. The van der Waals surface area contributed by atoms with Crippen LogP contribution in [0.3, 0.4) is 0 Å². The van der Waals surface area contributed by atoms with Crippen LogP contribution in [0.25, 0.3) is 10.2 Å². The number of methoxy groups -OCH3 is 1. The van der Waals surface area contributed by atoms with E-state index in [0.29, 0.717) is 11.8 Å². The van der Waals surface area contributed by atoms with Crippen molar-refractivity contribution >= 4 is 27.5 Å². The largest absolute Gasteiger partial charge is 0.480 e. The molecule has 0 aromatic carbocycles. The Morgan fingerprint density at radius 3 is 2.94 bits per heavy atom. The second kappa shape index (κ2) is 4.65. The van der Waals surface area contributed by atoms with Gasteiger partial charge in [0.2, 0.25) is 11.8 Å². The summed E-state index contributed by atoms with van der Waals surface area (Å²) in [5.41, 5.74) is 0. The van der Waals surface area contributed by atoms with Gasteiger partial charge < -0.3 is 10.1 Å². The van der Waals surface area contributed by atoms with Crippen LogP contribution in [0, 0.1) is 6.92 Å². The summed E-state index contributed by atoms with van der Waals surface area (Å²) in [7, 11) is 1.64. The highest BCUT2D eigenvalue weighted by molar-refractivity contribution is 7.18. The first-order valence-electron chi connectivity index (χ1n) is 5.30. The molecule has 0 unspecified atom stereocenters. The van der Waals surface area contributed by atoms with E-state index >= 15 is 0 Å². The zero-order valence-corrected chi connectivity index (χ0v) is 10.5. The van der Waals surface area contributed by atoms with Gasteiger partial charge in [0.05, 0.1) is 12.5 Å². The molecule has 1 N–H and O–H groups in total. The van der Waals surface area contributed by atoms with Crippen LogP contribution in [0.15, 0.2) is 6.07 Å². The molecule has 0 saturated heterocycles. The summed E-state index contributed by atoms with van der Waals surface area (Å²) in [6.45, 7) is 5.04. The number of aryl methyl sites for hydroxylation is 1. The molecule has 0 aliphatic heterocycles. The zero-order valence-electron chi connectivity index (χ0n) is 9.70. The number of aromatic nitrogens is 2. The van der Waals surface area contributed by atoms with Gasteiger partial charge in [0.25, 0.3) is 0 Å². The highest BCUT2D eigenvalue weighted by atomic mass is 32.1. The minimum absolute atomic E-state index is 0.646. The summed E-state index contributed by atoms with van der Waals surface area (Å²) in [6.07, 6.45) is 1.05. The summed E-state index contributed by atoms with van der Waals surface area (Å²) >= 11 is 1.66. The Morgan fingerprint density at radius 2 is 2.25 bits per heavy atom. The molecule has 16 heavy (non-hydrogen) atoms. The number of fused-ring (bicyclic) bond motifs is 1. The maximum absolute atomic E-state index is 5.28. The van der Waals surface area contributed by atoms with Crippen molar-refractivity contribution in [3.8, 4) is 5.88 Å². The summed E-state index contributed by atoms with van der Waals surface area (Å²) in [4.78, 5) is 11.0. The second-order valence-corrected chi connectivity index (χ2v) is 4.79. The van der Waals surface area contributed by atoms with Gasteiger partial charge in [-0.3, -0.25) is 0 Å². The van der Waals surface area contributed by atoms with Gasteiger partial charge in [-0.2, -0.15) is 4.98 Å². The topological polar surface area (TPSA) is 47.0 Å². The molecule has 0 aliphatic rings. The van der Waals surface area contributed by atoms with E-state index in [1.54, 1.807) is 18.4 Å². The fraction of sp³-hybridized carbons (Fsp3) is 0.455. The van der Waals surface area contributed by atoms with Crippen LogP contribution in [0.5, 0.6) is 5.88 Å². The third-order valence-electron chi connectivity index (χ3n) is 2.21. The number of hydrogen-bond acceptors (Lipinski definition) is 5. The first-order valence-corrected chi connectivity index (χ1v) is 6.12. The standard InChI is InChI=1S/C11H15N3OS/c1-4-5-12-11-13-9(15-3)8-6-7(2)16-10(8)14-11/h6H,4-5H2,1-3H3,(H,12,13,14). The highest BCUT2D eigenvalue weighted by Crippen LogP contribution is 2.30. The second-order valence-electron chi connectivity index (χ2n) is 3.56. The number of anilines is 1. The fourth-order valence-corrected chi connectivity index (χ4v) is 2.36. The van der Waals surface area contributed by atoms with E-state index in [-0.39, 0.29) is 0 Å². The predicted molar refractivity (Wildman–Crippen MR) is 67.5 cm³/mol. The van der Waals surface area contributed by atoms with Gasteiger partial charge in [0.15, 0.2) is 0 Å². The predicted octanol–water partition coefficient (Wildman–Crippen LogP) is 2.83. The Bertz CT molecular complexity index is 495. The summed E-state index contributed by atoms with van der Waals surface area (Å²) in [5.74, 6) is 1.29.